The highest BCUT2D eigenvalue weighted by Gasteiger charge is 2.26. The van der Waals surface area contributed by atoms with E-state index < -0.39 is 18.6 Å². The molecule has 0 spiro atoms. The van der Waals surface area contributed by atoms with Gasteiger partial charge in [-0.15, -0.1) is 0 Å². The van der Waals surface area contributed by atoms with Gasteiger partial charge in [0, 0.05) is 11.1 Å². The molecule has 0 radical (unpaired) electrons. The third kappa shape index (κ3) is 6.77. The molecule has 0 aliphatic heterocycles. The van der Waals surface area contributed by atoms with Crippen LogP contribution in [0.3, 0.4) is 0 Å². The maximum Gasteiger partial charge on any atom is 0.401 e. The van der Waals surface area contributed by atoms with Crippen molar-refractivity contribution in [3.63, 3.8) is 0 Å². The second kappa shape index (κ2) is 7.50. The minimum atomic E-state index is -4.32. The Bertz CT molecular complexity index is 451. The van der Waals surface area contributed by atoms with Gasteiger partial charge in [0.05, 0.1) is 13.1 Å². The molecule has 0 aromatic heterocycles. The number of alkyl halides is 3. The largest absolute Gasteiger partial charge is 0.401 e. The van der Waals surface area contributed by atoms with E-state index in [0.717, 1.165) is 5.56 Å². The molecule has 1 unspecified atom stereocenters. The van der Waals surface area contributed by atoms with E-state index in [2.05, 4.69) is 5.32 Å². The molecule has 3 nitrogen and oxygen atoms in total. The van der Waals surface area contributed by atoms with Crippen LogP contribution in [-0.2, 0) is 11.2 Å². The predicted molar refractivity (Wildman–Crippen MR) is 71.7 cm³/mol. The maximum absolute atomic E-state index is 11.9. The lowest BCUT2D eigenvalue weighted by Gasteiger charge is -2.15. The average molecular weight is 309 g/mol. The number of hydrogen-bond donors (Lipinski definition) is 2. The normalized spacial score (nSPS) is 13.1. The minimum Gasteiger partial charge on any atom is -0.352 e. The highest BCUT2D eigenvalue weighted by molar-refractivity contribution is 6.31. The van der Waals surface area contributed by atoms with Gasteiger partial charge in [0.1, 0.15) is 0 Å². The first-order valence-corrected chi connectivity index (χ1v) is 6.46. The van der Waals surface area contributed by atoms with Gasteiger partial charge in [-0.2, -0.15) is 13.2 Å². The molecule has 0 fully saturated rings. The first kappa shape index (κ1) is 16.8. The average Bonchev–Trinajstić information content (AvgIpc) is 2.30. The van der Waals surface area contributed by atoms with Gasteiger partial charge in [-0.3, -0.25) is 4.79 Å². The molecule has 0 heterocycles. The van der Waals surface area contributed by atoms with Crippen molar-refractivity contribution >= 4 is 17.5 Å². The molecular formula is C13H16ClF3N2O. The molecule has 1 amide bonds. The fourth-order valence-electron chi connectivity index (χ4n) is 1.69. The molecule has 20 heavy (non-hydrogen) atoms. The third-order valence-corrected chi connectivity index (χ3v) is 2.87. The Kier molecular flexibility index (Phi) is 6.29. The summed E-state index contributed by atoms with van der Waals surface area (Å²) in [4.78, 5) is 11.4. The topological polar surface area (TPSA) is 41.1 Å². The Hall–Kier alpha value is -1.27. The number of halogens is 4. The Morgan fingerprint density at radius 1 is 1.35 bits per heavy atom. The van der Waals surface area contributed by atoms with Crippen molar-refractivity contribution in [3.8, 4) is 0 Å². The Morgan fingerprint density at radius 3 is 2.60 bits per heavy atom. The number of carbonyl (C=O) groups is 1. The summed E-state index contributed by atoms with van der Waals surface area (Å²) in [5.41, 5.74) is 0.880. The first-order valence-electron chi connectivity index (χ1n) is 6.08. The van der Waals surface area contributed by atoms with E-state index in [1.165, 1.54) is 0 Å². The molecule has 2 N–H and O–H groups in total. The predicted octanol–water partition coefficient (Wildman–Crippen LogP) is 2.54. The van der Waals surface area contributed by atoms with Gasteiger partial charge in [0.25, 0.3) is 0 Å². The van der Waals surface area contributed by atoms with E-state index in [1.54, 1.807) is 19.1 Å². The van der Waals surface area contributed by atoms with Gasteiger partial charge in [-0.1, -0.05) is 29.8 Å². The Labute approximate surface area is 120 Å². The molecular weight excluding hydrogens is 293 g/mol. The van der Waals surface area contributed by atoms with Crippen LogP contribution in [0.5, 0.6) is 0 Å². The second-order valence-corrected chi connectivity index (χ2v) is 4.89. The zero-order chi connectivity index (χ0) is 15.2. The summed E-state index contributed by atoms with van der Waals surface area (Å²) in [6, 6.07) is 7.01. The molecule has 0 aliphatic carbocycles. The number of amides is 1. The van der Waals surface area contributed by atoms with E-state index in [0.29, 0.717) is 11.4 Å². The molecule has 1 aromatic carbocycles. The van der Waals surface area contributed by atoms with Crippen LogP contribution in [0.25, 0.3) is 0 Å². The standard InChI is InChI=1S/C13H16ClF3N2O/c1-9(6-10-4-2-3-5-11(10)14)19-12(20)7-18-8-13(15,16)17/h2-5,9,18H,6-8H2,1H3,(H,19,20). The number of rotatable bonds is 6. The van der Waals surface area contributed by atoms with Crippen LogP contribution < -0.4 is 10.6 Å². The van der Waals surface area contributed by atoms with Gasteiger partial charge in [0.2, 0.25) is 5.91 Å². The van der Waals surface area contributed by atoms with E-state index in [1.807, 2.05) is 17.4 Å². The van der Waals surface area contributed by atoms with Crippen molar-refractivity contribution in [2.45, 2.75) is 25.6 Å². The fourth-order valence-corrected chi connectivity index (χ4v) is 1.90. The van der Waals surface area contributed by atoms with Gasteiger partial charge in [-0.05, 0) is 25.0 Å². The van der Waals surface area contributed by atoms with E-state index in [-0.39, 0.29) is 12.6 Å². The van der Waals surface area contributed by atoms with E-state index in [4.69, 9.17) is 11.6 Å². The van der Waals surface area contributed by atoms with Crippen LogP contribution in [0.15, 0.2) is 24.3 Å². The van der Waals surface area contributed by atoms with Gasteiger partial charge in [0.15, 0.2) is 0 Å². The zero-order valence-electron chi connectivity index (χ0n) is 10.9. The highest BCUT2D eigenvalue weighted by Crippen LogP contribution is 2.16. The summed E-state index contributed by atoms with van der Waals surface area (Å²) in [5, 5.41) is 5.26. The number of carbonyl (C=O) groups excluding carboxylic acids is 1. The number of hydrogen-bond acceptors (Lipinski definition) is 2. The van der Waals surface area contributed by atoms with E-state index in [9.17, 15) is 18.0 Å². The van der Waals surface area contributed by atoms with Crippen molar-refractivity contribution < 1.29 is 18.0 Å². The Morgan fingerprint density at radius 2 is 2.00 bits per heavy atom. The summed E-state index contributed by atoms with van der Waals surface area (Å²) in [6.07, 6.45) is -3.80. The monoisotopic (exact) mass is 308 g/mol. The number of nitrogens with one attached hydrogen (secondary N) is 2. The lowest BCUT2D eigenvalue weighted by Crippen LogP contribution is -2.42. The summed E-state index contributed by atoms with van der Waals surface area (Å²) < 4.78 is 35.7. The zero-order valence-corrected chi connectivity index (χ0v) is 11.7. The smallest absolute Gasteiger partial charge is 0.352 e. The summed E-state index contributed by atoms with van der Waals surface area (Å²) in [5.74, 6) is -0.478. The van der Waals surface area contributed by atoms with Crippen molar-refractivity contribution in [1.82, 2.24) is 10.6 Å². The molecule has 0 saturated carbocycles. The van der Waals surface area contributed by atoms with Crippen LogP contribution in [0, 0.1) is 0 Å². The Balaban J connectivity index is 2.33. The minimum absolute atomic E-state index is 0.213. The SMILES string of the molecule is CC(Cc1ccccc1Cl)NC(=O)CNCC(F)(F)F. The van der Waals surface area contributed by atoms with Crippen molar-refractivity contribution in [3.05, 3.63) is 34.9 Å². The third-order valence-electron chi connectivity index (χ3n) is 2.50. The van der Waals surface area contributed by atoms with Gasteiger partial charge in [-0.25, -0.2) is 0 Å². The van der Waals surface area contributed by atoms with Gasteiger partial charge < -0.3 is 10.6 Å². The van der Waals surface area contributed by atoms with Crippen molar-refractivity contribution in [2.75, 3.05) is 13.1 Å². The quantitative estimate of drug-likeness (QED) is 0.848. The molecule has 1 aromatic rings. The molecule has 0 aliphatic rings. The molecule has 7 heteroatoms. The lowest BCUT2D eigenvalue weighted by molar-refractivity contribution is -0.128. The van der Waals surface area contributed by atoms with Crippen molar-refractivity contribution in [2.24, 2.45) is 0 Å². The molecule has 0 bridgehead atoms. The van der Waals surface area contributed by atoms with Crippen molar-refractivity contribution in [1.29, 1.82) is 0 Å². The highest BCUT2D eigenvalue weighted by atomic mass is 35.5. The van der Waals surface area contributed by atoms with Crippen LogP contribution in [0.2, 0.25) is 5.02 Å². The lowest BCUT2D eigenvalue weighted by atomic mass is 10.1. The second-order valence-electron chi connectivity index (χ2n) is 4.48. The number of benzene rings is 1. The summed E-state index contributed by atoms with van der Waals surface area (Å²) in [7, 11) is 0. The van der Waals surface area contributed by atoms with Crippen LogP contribution in [-0.4, -0.2) is 31.2 Å². The molecule has 0 saturated heterocycles. The molecule has 1 atom stereocenters. The summed E-state index contributed by atoms with van der Waals surface area (Å²) >= 11 is 5.99. The van der Waals surface area contributed by atoms with Crippen LogP contribution >= 0.6 is 11.6 Å². The maximum atomic E-state index is 11.9. The van der Waals surface area contributed by atoms with Crippen LogP contribution in [0.1, 0.15) is 12.5 Å². The van der Waals surface area contributed by atoms with Crippen LogP contribution in [0.4, 0.5) is 13.2 Å². The molecule has 1 rings (SSSR count). The van der Waals surface area contributed by atoms with E-state index >= 15 is 0 Å². The first-order chi connectivity index (χ1) is 9.28. The fraction of sp³-hybridized carbons (Fsp3) is 0.462. The van der Waals surface area contributed by atoms with Gasteiger partial charge >= 0.3 is 6.18 Å². The molecule has 112 valence electrons. The summed E-state index contributed by atoms with van der Waals surface area (Å²) in [6.45, 7) is 0.219.